The zero-order valence-corrected chi connectivity index (χ0v) is 34.9. The van der Waals surface area contributed by atoms with Crippen molar-refractivity contribution in [1.82, 2.24) is 36.0 Å². The number of carbonyl (C=O) groups is 11. The summed E-state index contributed by atoms with van der Waals surface area (Å²) in [6.07, 6.45) is 7.71. The monoisotopic (exact) mass is 875 g/mol. The first-order valence-electron chi connectivity index (χ1n) is 19.8. The molecule has 3 aliphatic rings. The van der Waals surface area contributed by atoms with Crippen molar-refractivity contribution in [2.24, 2.45) is 0 Å². The molecule has 0 saturated heterocycles. The third-order valence-corrected chi connectivity index (χ3v) is 9.74. The fourth-order valence-corrected chi connectivity index (χ4v) is 6.32. The van der Waals surface area contributed by atoms with Gasteiger partial charge in [-0.05, 0) is 19.3 Å². The summed E-state index contributed by atoms with van der Waals surface area (Å²) >= 11 is 0.991. The molecular formula is C39H53N7O14S. The topological polar surface area (TPSA) is 273 Å². The Morgan fingerprint density at radius 3 is 1.11 bits per heavy atom. The van der Waals surface area contributed by atoms with Crippen LogP contribution in [0.4, 0.5) is 0 Å². The lowest BCUT2D eigenvalue weighted by molar-refractivity contribution is -0.139. The van der Waals surface area contributed by atoms with Gasteiger partial charge in [-0.1, -0.05) is 11.8 Å². The van der Waals surface area contributed by atoms with E-state index in [2.05, 4.69) is 21.3 Å². The van der Waals surface area contributed by atoms with Gasteiger partial charge in [-0.15, -0.1) is 0 Å². The molecule has 3 rings (SSSR count). The SMILES string of the molecule is CC(=O)SCCC(=O)NC(COCCCNC(=O)CCN1C(=O)C=CC1=O)(COCCCNC(=O)CCN1C(=O)C=CC1=O)COCCCNC(=O)CCN1C(=O)C=CC1=O. The van der Waals surface area contributed by atoms with Gasteiger partial charge in [0.05, 0.1) is 19.8 Å². The first-order chi connectivity index (χ1) is 29.2. The third kappa shape index (κ3) is 18.7. The minimum Gasteiger partial charge on any atom is -0.379 e. The van der Waals surface area contributed by atoms with Crippen molar-refractivity contribution in [1.29, 1.82) is 0 Å². The number of hydrogen-bond acceptors (Lipinski definition) is 15. The summed E-state index contributed by atoms with van der Waals surface area (Å²) in [5.41, 5.74) is -1.25. The molecular weight excluding hydrogens is 823 g/mol. The maximum Gasteiger partial charge on any atom is 0.253 e. The molecule has 0 aromatic heterocycles. The molecule has 0 aromatic carbocycles. The van der Waals surface area contributed by atoms with Crippen LogP contribution in [0.15, 0.2) is 36.5 Å². The molecule has 4 N–H and O–H groups in total. The van der Waals surface area contributed by atoms with Crippen molar-refractivity contribution in [3.8, 4) is 0 Å². The van der Waals surface area contributed by atoms with Crippen molar-refractivity contribution >= 4 is 75.9 Å². The molecule has 10 amide bonds. The van der Waals surface area contributed by atoms with E-state index in [1.807, 2.05) is 0 Å². The summed E-state index contributed by atoms with van der Waals surface area (Å²) in [5.74, 6) is -4.15. The number of ether oxygens (including phenoxy) is 3. The molecule has 0 aliphatic carbocycles. The normalized spacial score (nSPS) is 14.8. The minimum absolute atomic E-state index is 0.00382. The van der Waals surface area contributed by atoms with E-state index in [4.69, 9.17) is 14.2 Å². The number of rotatable bonds is 31. The number of nitrogens with one attached hydrogen (secondary N) is 4. The van der Waals surface area contributed by atoms with Gasteiger partial charge in [0.25, 0.3) is 35.4 Å². The third-order valence-electron chi connectivity index (χ3n) is 8.93. The summed E-state index contributed by atoms with van der Waals surface area (Å²) in [6, 6.07) is 0. The number of carbonyl (C=O) groups excluding carboxylic acids is 11. The molecule has 0 atom stereocenters. The van der Waals surface area contributed by atoms with Gasteiger partial charge in [0.1, 0.15) is 5.54 Å². The smallest absolute Gasteiger partial charge is 0.253 e. The molecule has 0 unspecified atom stereocenters. The van der Waals surface area contributed by atoms with E-state index in [1.54, 1.807) is 0 Å². The van der Waals surface area contributed by atoms with E-state index in [0.717, 1.165) is 62.9 Å². The molecule has 0 saturated carbocycles. The van der Waals surface area contributed by atoms with Crippen molar-refractivity contribution < 1.29 is 67.0 Å². The maximum absolute atomic E-state index is 13.2. The van der Waals surface area contributed by atoms with Crippen molar-refractivity contribution in [2.75, 3.05) is 84.7 Å². The highest BCUT2D eigenvalue weighted by Crippen LogP contribution is 2.13. The molecule has 0 bridgehead atoms. The van der Waals surface area contributed by atoms with E-state index in [0.29, 0.717) is 19.3 Å². The van der Waals surface area contributed by atoms with Gasteiger partial charge in [-0.2, -0.15) is 0 Å². The maximum atomic E-state index is 13.2. The van der Waals surface area contributed by atoms with Crippen LogP contribution in [0.2, 0.25) is 0 Å². The average Bonchev–Trinajstić information content (AvgIpc) is 3.84. The van der Waals surface area contributed by atoms with Crippen LogP contribution in [0.3, 0.4) is 0 Å². The lowest BCUT2D eigenvalue weighted by Gasteiger charge is -2.34. The Morgan fingerprint density at radius 2 is 0.820 bits per heavy atom. The van der Waals surface area contributed by atoms with Gasteiger partial charge < -0.3 is 35.5 Å². The van der Waals surface area contributed by atoms with Crippen LogP contribution >= 0.6 is 11.8 Å². The van der Waals surface area contributed by atoms with Crippen LogP contribution in [0, 0.1) is 0 Å². The molecule has 3 heterocycles. The highest BCUT2D eigenvalue weighted by Gasteiger charge is 2.34. The van der Waals surface area contributed by atoms with E-state index < -0.39 is 46.9 Å². The second-order valence-corrected chi connectivity index (χ2v) is 15.2. The molecule has 21 nitrogen and oxygen atoms in total. The predicted molar refractivity (Wildman–Crippen MR) is 215 cm³/mol. The standard InChI is InChI=1S/C39H53N7O14S/c1-28(47)61-24-14-32(51)43-39(25-58-21-2-15-40-29(48)11-18-44-33(52)5-6-34(44)53,26-59-22-3-16-41-30(49)12-19-45-35(54)7-8-36(45)55)27-60-23-4-17-42-31(50)13-20-46-37(56)9-10-38(46)57/h5-10H,2-4,11-27H2,1H3,(H,40,48)(H,41,49)(H,42,50)(H,43,51). The Bertz CT molecular complexity index is 1530. The number of imide groups is 3. The average molecular weight is 876 g/mol. The van der Waals surface area contributed by atoms with E-state index in [9.17, 15) is 52.7 Å². The van der Waals surface area contributed by atoms with Gasteiger partial charge in [-0.3, -0.25) is 67.4 Å². The predicted octanol–water partition coefficient (Wildman–Crippen LogP) is -1.97. The summed E-state index contributed by atoms with van der Waals surface area (Å²) in [7, 11) is 0. The molecule has 22 heteroatoms. The molecule has 334 valence electrons. The van der Waals surface area contributed by atoms with Crippen LogP contribution in [0.25, 0.3) is 0 Å². The first-order valence-corrected chi connectivity index (χ1v) is 20.8. The molecule has 3 aliphatic heterocycles. The molecule has 61 heavy (non-hydrogen) atoms. The van der Waals surface area contributed by atoms with E-state index in [-0.39, 0.29) is 133 Å². The Morgan fingerprint density at radius 1 is 0.508 bits per heavy atom. The second-order valence-electron chi connectivity index (χ2n) is 13.9. The number of amides is 10. The fourth-order valence-electron chi connectivity index (χ4n) is 5.75. The van der Waals surface area contributed by atoms with E-state index >= 15 is 0 Å². The molecule has 0 spiro atoms. The molecule has 0 fully saturated rings. The quantitative estimate of drug-likeness (QED) is 0.0435. The Hall–Kier alpha value is -5.58. The fraction of sp³-hybridized carbons (Fsp3) is 0.564. The Labute approximate surface area is 356 Å². The zero-order valence-electron chi connectivity index (χ0n) is 34.1. The summed E-state index contributed by atoms with van der Waals surface area (Å²) in [5, 5.41) is 10.9. The van der Waals surface area contributed by atoms with Crippen molar-refractivity contribution in [3.05, 3.63) is 36.5 Å². The lowest BCUT2D eigenvalue weighted by Crippen LogP contribution is -2.58. The van der Waals surface area contributed by atoms with Gasteiger partial charge in [0.2, 0.25) is 23.6 Å². The van der Waals surface area contributed by atoms with Gasteiger partial charge >= 0.3 is 0 Å². The summed E-state index contributed by atoms with van der Waals surface area (Å²) in [4.78, 5) is 135. The first kappa shape index (κ1) is 49.8. The van der Waals surface area contributed by atoms with Crippen LogP contribution in [-0.4, -0.2) is 169 Å². The van der Waals surface area contributed by atoms with E-state index in [1.165, 1.54) is 6.92 Å². The number of hydrogen-bond donors (Lipinski definition) is 4. The highest BCUT2D eigenvalue weighted by atomic mass is 32.2. The van der Waals surface area contributed by atoms with Gasteiger partial charge in [0.15, 0.2) is 5.12 Å². The van der Waals surface area contributed by atoms with Gasteiger partial charge in [-0.25, -0.2) is 0 Å². The number of nitrogens with zero attached hydrogens (tertiary/aromatic N) is 3. The Balaban J connectivity index is 1.51. The van der Waals surface area contributed by atoms with Crippen molar-refractivity contribution in [3.63, 3.8) is 0 Å². The lowest BCUT2D eigenvalue weighted by atomic mass is 10.0. The zero-order chi connectivity index (χ0) is 44.6. The van der Waals surface area contributed by atoms with Crippen LogP contribution in [0.1, 0.15) is 51.9 Å². The molecule has 0 radical (unpaired) electrons. The molecule has 0 aromatic rings. The highest BCUT2D eigenvalue weighted by molar-refractivity contribution is 8.13. The van der Waals surface area contributed by atoms with Crippen LogP contribution in [-0.2, 0) is 67.0 Å². The minimum atomic E-state index is -1.25. The Kier molecular flexibility index (Phi) is 21.7. The summed E-state index contributed by atoms with van der Waals surface area (Å²) < 4.78 is 17.9. The van der Waals surface area contributed by atoms with Crippen molar-refractivity contribution in [2.45, 2.75) is 57.4 Å². The largest absolute Gasteiger partial charge is 0.379 e. The van der Waals surface area contributed by atoms with Gasteiger partial charge in [0, 0.05) is 134 Å². The van der Waals surface area contributed by atoms with Crippen LogP contribution in [0.5, 0.6) is 0 Å². The summed E-state index contributed by atoms with van der Waals surface area (Å²) in [6.45, 7) is 1.99. The second kappa shape index (κ2) is 26.6. The number of thioether (sulfide) groups is 1. The van der Waals surface area contributed by atoms with Crippen LogP contribution < -0.4 is 21.3 Å².